The fourth-order valence-electron chi connectivity index (χ4n) is 2.77. The summed E-state index contributed by atoms with van der Waals surface area (Å²) in [4.78, 5) is 34.8. The Labute approximate surface area is 192 Å². The SMILES string of the molecule is CCn1c(CNC(=O)c2ccccc2Cl)nnc1SCC(=O)Nc1ccc([N+](=O)[O-])cc1. The maximum absolute atomic E-state index is 12.3. The van der Waals surface area contributed by atoms with Crippen LogP contribution in [0.3, 0.4) is 0 Å². The Kier molecular flexibility index (Phi) is 7.79. The van der Waals surface area contributed by atoms with Gasteiger partial charge in [0.15, 0.2) is 11.0 Å². The van der Waals surface area contributed by atoms with Gasteiger partial charge < -0.3 is 15.2 Å². The van der Waals surface area contributed by atoms with Crippen molar-refractivity contribution in [2.24, 2.45) is 0 Å². The van der Waals surface area contributed by atoms with E-state index in [9.17, 15) is 19.7 Å². The van der Waals surface area contributed by atoms with Crippen molar-refractivity contribution in [3.05, 3.63) is 75.1 Å². The Bertz CT molecular complexity index is 1140. The molecule has 12 heteroatoms. The van der Waals surface area contributed by atoms with E-state index in [1.165, 1.54) is 36.0 Å². The first-order chi connectivity index (χ1) is 15.4. The molecule has 0 spiro atoms. The van der Waals surface area contributed by atoms with Crippen molar-refractivity contribution in [2.45, 2.75) is 25.2 Å². The zero-order valence-corrected chi connectivity index (χ0v) is 18.5. The van der Waals surface area contributed by atoms with Gasteiger partial charge in [0.05, 0.1) is 27.8 Å². The van der Waals surface area contributed by atoms with Gasteiger partial charge in [-0.25, -0.2) is 0 Å². The van der Waals surface area contributed by atoms with Crippen LogP contribution in [0.15, 0.2) is 53.7 Å². The van der Waals surface area contributed by atoms with Crippen LogP contribution < -0.4 is 10.6 Å². The van der Waals surface area contributed by atoms with Crippen LogP contribution in [0, 0.1) is 10.1 Å². The molecular weight excluding hydrogens is 456 g/mol. The number of nitrogens with one attached hydrogen (secondary N) is 2. The molecule has 0 saturated heterocycles. The van der Waals surface area contributed by atoms with E-state index < -0.39 is 4.92 Å². The summed E-state index contributed by atoms with van der Waals surface area (Å²) >= 11 is 7.25. The van der Waals surface area contributed by atoms with Crippen LogP contribution in [0.4, 0.5) is 11.4 Å². The van der Waals surface area contributed by atoms with Crippen LogP contribution in [0.2, 0.25) is 5.02 Å². The summed E-state index contributed by atoms with van der Waals surface area (Å²) in [5.41, 5.74) is 0.776. The van der Waals surface area contributed by atoms with Crippen molar-refractivity contribution < 1.29 is 14.5 Å². The highest BCUT2D eigenvalue weighted by Gasteiger charge is 2.16. The minimum absolute atomic E-state index is 0.0532. The van der Waals surface area contributed by atoms with E-state index in [0.717, 1.165) is 0 Å². The van der Waals surface area contributed by atoms with Crippen molar-refractivity contribution in [1.29, 1.82) is 0 Å². The van der Waals surface area contributed by atoms with Gasteiger partial charge in [-0.2, -0.15) is 0 Å². The normalized spacial score (nSPS) is 10.6. The van der Waals surface area contributed by atoms with Gasteiger partial charge in [0.1, 0.15) is 0 Å². The monoisotopic (exact) mass is 474 g/mol. The fraction of sp³-hybridized carbons (Fsp3) is 0.200. The minimum Gasteiger partial charge on any atom is -0.345 e. The average molecular weight is 475 g/mol. The number of nitro groups is 1. The minimum atomic E-state index is -0.506. The zero-order valence-electron chi connectivity index (χ0n) is 16.9. The second-order valence-electron chi connectivity index (χ2n) is 6.45. The summed E-state index contributed by atoms with van der Waals surface area (Å²) in [6.07, 6.45) is 0. The van der Waals surface area contributed by atoms with Crippen molar-refractivity contribution in [1.82, 2.24) is 20.1 Å². The third kappa shape index (κ3) is 5.83. The summed E-state index contributed by atoms with van der Waals surface area (Å²) in [7, 11) is 0. The lowest BCUT2D eigenvalue weighted by Gasteiger charge is -2.09. The molecule has 0 aliphatic heterocycles. The van der Waals surface area contributed by atoms with Crippen molar-refractivity contribution >= 4 is 46.6 Å². The largest absolute Gasteiger partial charge is 0.345 e. The van der Waals surface area contributed by atoms with Crippen LogP contribution >= 0.6 is 23.4 Å². The Morgan fingerprint density at radius 1 is 1.16 bits per heavy atom. The highest BCUT2D eigenvalue weighted by Crippen LogP contribution is 2.20. The first-order valence-corrected chi connectivity index (χ1v) is 10.9. The molecule has 0 atom stereocenters. The van der Waals surface area contributed by atoms with Crippen molar-refractivity contribution in [3.63, 3.8) is 0 Å². The molecule has 32 heavy (non-hydrogen) atoms. The number of hydrogen-bond donors (Lipinski definition) is 2. The van der Waals surface area contributed by atoms with Crippen LogP contribution in [-0.4, -0.2) is 37.3 Å². The number of aromatic nitrogens is 3. The standard InChI is InChI=1S/C20H19ClN6O4S/c1-2-26-17(11-22-19(29)15-5-3-4-6-16(15)21)24-25-20(26)32-12-18(28)23-13-7-9-14(10-8-13)27(30)31/h3-10H,2,11-12H2,1H3,(H,22,29)(H,23,28). The van der Waals surface area contributed by atoms with Gasteiger partial charge >= 0.3 is 0 Å². The first kappa shape index (κ1) is 23.2. The number of amides is 2. The summed E-state index contributed by atoms with van der Waals surface area (Å²) in [5.74, 6) is 0.00775. The van der Waals surface area contributed by atoms with E-state index in [0.29, 0.717) is 33.8 Å². The number of nitro benzene ring substituents is 1. The number of anilines is 1. The number of benzene rings is 2. The number of rotatable bonds is 9. The highest BCUT2D eigenvalue weighted by atomic mass is 35.5. The topological polar surface area (TPSA) is 132 Å². The molecule has 1 aromatic heterocycles. The molecule has 0 aliphatic carbocycles. The Morgan fingerprint density at radius 2 is 1.88 bits per heavy atom. The van der Waals surface area contributed by atoms with Crippen molar-refractivity contribution in [3.8, 4) is 0 Å². The molecule has 0 radical (unpaired) electrons. The van der Waals surface area contributed by atoms with Crippen LogP contribution in [0.1, 0.15) is 23.1 Å². The molecule has 0 aliphatic rings. The second-order valence-corrected chi connectivity index (χ2v) is 7.80. The Hall–Kier alpha value is -3.44. The number of hydrogen-bond acceptors (Lipinski definition) is 7. The molecule has 166 valence electrons. The number of thioether (sulfide) groups is 1. The third-order valence-electron chi connectivity index (χ3n) is 4.33. The van der Waals surface area contributed by atoms with Gasteiger partial charge in [-0.3, -0.25) is 19.7 Å². The van der Waals surface area contributed by atoms with Gasteiger partial charge in [-0.1, -0.05) is 35.5 Å². The van der Waals surface area contributed by atoms with E-state index in [1.54, 1.807) is 28.8 Å². The lowest BCUT2D eigenvalue weighted by molar-refractivity contribution is -0.384. The number of carbonyl (C=O) groups excluding carboxylic acids is 2. The highest BCUT2D eigenvalue weighted by molar-refractivity contribution is 7.99. The van der Waals surface area contributed by atoms with E-state index in [4.69, 9.17) is 11.6 Å². The molecule has 2 aromatic carbocycles. The number of carbonyl (C=O) groups is 2. The van der Waals surface area contributed by atoms with E-state index in [1.807, 2.05) is 6.92 Å². The summed E-state index contributed by atoms with van der Waals surface area (Å²) in [6.45, 7) is 2.61. The molecule has 0 fully saturated rings. The van der Waals surface area contributed by atoms with Gasteiger partial charge in [0.25, 0.3) is 11.6 Å². The average Bonchev–Trinajstić information content (AvgIpc) is 3.18. The van der Waals surface area contributed by atoms with E-state index in [2.05, 4.69) is 20.8 Å². The predicted octanol–water partition coefficient (Wildman–Crippen LogP) is 3.52. The lowest BCUT2D eigenvalue weighted by Crippen LogP contribution is -2.25. The maximum Gasteiger partial charge on any atom is 0.269 e. The van der Waals surface area contributed by atoms with Gasteiger partial charge in [0, 0.05) is 24.4 Å². The molecule has 3 aromatic rings. The number of halogens is 1. The molecular formula is C20H19ClN6O4S. The zero-order chi connectivity index (χ0) is 23.1. The molecule has 0 saturated carbocycles. The predicted molar refractivity (Wildman–Crippen MR) is 121 cm³/mol. The van der Waals surface area contributed by atoms with Gasteiger partial charge in [-0.05, 0) is 31.2 Å². The molecule has 2 amide bonds. The molecule has 2 N–H and O–H groups in total. The van der Waals surface area contributed by atoms with E-state index in [-0.39, 0.29) is 29.8 Å². The van der Waals surface area contributed by atoms with Crippen LogP contribution in [-0.2, 0) is 17.9 Å². The van der Waals surface area contributed by atoms with Gasteiger partial charge in [-0.15, -0.1) is 10.2 Å². The second kappa shape index (κ2) is 10.7. The van der Waals surface area contributed by atoms with Crippen LogP contribution in [0.5, 0.6) is 0 Å². The van der Waals surface area contributed by atoms with Crippen LogP contribution in [0.25, 0.3) is 0 Å². The van der Waals surface area contributed by atoms with Gasteiger partial charge in [0.2, 0.25) is 5.91 Å². The Balaban J connectivity index is 1.56. The summed E-state index contributed by atoms with van der Waals surface area (Å²) in [6, 6.07) is 12.3. The van der Waals surface area contributed by atoms with E-state index >= 15 is 0 Å². The molecule has 0 unspecified atom stereocenters. The number of nitrogens with zero attached hydrogens (tertiary/aromatic N) is 4. The molecule has 1 heterocycles. The quantitative estimate of drug-likeness (QED) is 0.275. The third-order valence-corrected chi connectivity index (χ3v) is 5.63. The summed E-state index contributed by atoms with van der Waals surface area (Å²) < 4.78 is 1.80. The smallest absolute Gasteiger partial charge is 0.269 e. The Morgan fingerprint density at radius 3 is 2.53 bits per heavy atom. The summed E-state index contributed by atoms with van der Waals surface area (Å²) in [5, 5.41) is 25.3. The lowest BCUT2D eigenvalue weighted by atomic mass is 10.2. The molecule has 0 bridgehead atoms. The molecule has 10 nitrogen and oxygen atoms in total. The van der Waals surface area contributed by atoms with Crippen molar-refractivity contribution in [2.75, 3.05) is 11.1 Å². The fourth-order valence-corrected chi connectivity index (χ4v) is 3.81. The molecule has 3 rings (SSSR count). The first-order valence-electron chi connectivity index (χ1n) is 9.51. The number of non-ortho nitro benzene ring substituents is 1. The maximum atomic E-state index is 12.3.